The van der Waals surface area contributed by atoms with Crippen molar-refractivity contribution >= 4 is 16.7 Å². The van der Waals surface area contributed by atoms with E-state index in [1.807, 2.05) is 77.4 Å². The molecule has 1 aromatic heterocycles. The molecule has 5 rings (SSSR count). The van der Waals surface area contributed by atoms with Crippen molar-refractivity contribution in [3.05, 3.63) is 136 Å². The number of fused-ring (bicyclic) bond motifs is 1. The molecule has 1 heterocycles. The molecule has 32 heavy (non-hydrogen) atoms. The van der Waals surface area contributed by atoms with E-state index in [1.165, 1.54) is 24.3 Å². The second kappa shape index (κ2) is 8.08. The maximum atomic E-state index is 13.7. The first kappa shape index (κ1) is 19.6. The molecule has 0 saturated heterocycles. The van der Waals surface area contributed by atoms with Crippen LogP contribution in [0.15, 0.2) is 114 Å². The Balaban J connectivity index is 1.95. The van der Waals surface area contributed by atoms with Crippen molar-refractivity contribution in [2.45, 2.75) is 0 Å². The van der Waals surface area contributed by atoms with Gasteiger partial charge in [0.25, 0.3) is 0 Å². The maximum absolute atomic E-state index is 13.7. The van der Waals surface area contributed by atoms with Gasteiger partial charge >= 0.3 is 0 Å². The molecule has 0 atom stereocenters. The number of pyridine rings is 1. The smallest absolute Gasteiger partial charge is 0.201 e. The summed E-state index contributed by atoms with van der Waals surface area (Å²) in [6, 6.07) is 31.6. The second-order valence-corrected chi connectivity index (χ2v) is 7.44. The number of carbonyl (C=O) groups is 1. The summed E-state index contributed by atoms with van der Waals surface area (Å²) >= 11 is 0. The zero-order chi connectivity index (χ0) is 22.1. The highest BCUT2D eigenvalue weighted by Gasteiger charge is 2.25. The summed E-state index contributed by atoms with van der Waals surface area (Å²) in [5, 5.41) is 0.446. The van der Waals surface area contributed by atoms with Gasteiger partial charge in [-0.25, -0.2) is 4.39 Å². The van der Waals surface area contributed by atoms with Gasteiger partial charge in [-0.3, -0.25) is 9.59 Å². The lowest BCUT2D eigenvalue weighted by molar-refractivity contribution is 0.103. The van der Waals surface area contributed by atoms with E-state index in [-0.39, 0.29) is 16.6 Å². The third-order valence-electron chi connectivity index (χ3n) is 5.47. The second-order valence-electron chi connectivity index (χ2n) is 7.44. The Morgan fingerprint density at radius 1 is 0.688 bits per heavy atom. The molecule has 4 heteroatoms. The normalized spacial score (nSPS) is 10.9. The summed E-state index contributed by atoms with van der Waals surface area (Å²) in [5.74, 6) is -0.880. The third kappa shape index (κ3) is 3.32. The van der Waals surface area contributed by atoms with Crippen molar-refractivity contribution < 1.29 is 9.18 Å². The van der Waals surface area contributed by atoms with Gasteiger partial charge in [-0.05, 0) is 54.1 Å². The average molecular weight is 419 g/mol. The average Bonchev–Trinajstić information content (AvgIpc) is 2.85. The molecule has 0 spiro atoms. The predicted octanol–water partition coefficient (Wildman–Crippen LogP) is 6.03. The fraction of sp³-hybridized carbons (Fsp3) is 0. The van der Waals surface area contributed by atoms with Crippen molar-refractivity contribution in [2.75, 3.05) is 0 Å². The molecule has 154 valence electrons. The van der Waals surface area contributed by atoms with E-state index in [2.05, 4.69) is 0 Å². The molecule has 0 fully saturated rings. The standard InChI is InChI=1S/C28H18FNO2/c29-21-17-15-20(16-18-21)27(31)25-26(19-9-3-1-4-10-19)30(22-11-5-2-6-12-22)24-14-8-7-13-23(24)28(25)32/h1-18H. The number of ketones is 1. The highest BCUT2D eigenvalue weighted by atomic mass is 19.1. The van der Waals surface area contributed by atoms with Gasteiger partial charge in [0, 0.05) is 16.6 Å². The van der Waals surface area contributed by atoms with Gasteiger partial charge in [-0.15, -0.1) is 0 Å². The van der Waals surface area contributed by atoms with Crippen LogP contribution < -0.4 is 5.43 Å². The van der Waals surface area contributed by atoms with Gasteiger partial charge in [-0.2, -0.15) is 0 Å². The first-order valence-electron chi connectivity index (χ1n) is 10.2. The van der Waals surface area contributed by atoms with Crippen molar-refractivity contribution in [1.82, 2.24) is 4.57 Å². The van der Waals surface area contributed by atoms with E-state index in [1.54, 1.807) is 12.1 Å². The van der Waals surface area contributed by atoms with Gasteiger partial charge in [-0.1, -0.05) is 60.7 Å². The third-order valence-corrected chi connectivity index (χ3v) is 5.47. The monoisotopic (exact) mass is 419 g/mol. The highest BCUT2D eigenvalue weighted by Crippen LogP contribution is 2.31. The van der Waals surface area contributed by atoms with Crippen LogP contribution in [0.4, 0.5) is 4.39 Å². The summed E-state index contributed by atoms with van der Waals surface area (Å²) in [6.45, 7) is 0. The predicted molar refractivity (Wildman–Crippen MR) is 125 cm³/mol. The number of nitrogens with zero attached hydrogens (tertiary/aromatic N) is 1. The van der Waals surface area contributed by atoms with Crippen LogP contribution >= 0.6 is 0 Å². The van der Waals surface area contributed by atoms with Crippen molar-refractivity contribution in [3.63, 3.8) is 0 Å². The Labute approximate surface area is 184 Å². The molecular weight excluding hydrogens is 401 g/mol. The molecule has 0 N–H and O–H groups in total. The summed E-state index contributed by atoms with van der Waals surface area (Å²) in [5.41, 5.74) is 2.76. The number of hydrogen-bond donors (Lipinski definition) is 0. The van der Waals surface area contributed by atoms with E-state index in [9.17, 15) is 14.0 Å². The Morgan fingerprint density at radius 2 is 1.28 bits per heavy atom. The first-order chi connectivity index (χ1) is 15.6. The van der Waals surface area contributed by atoms with Gasteiger partial charge in [0.1, 0.15) is 5.82 Å². The highest BCUT2D eigenvalue weighted by molar-refractivity contribution is 6.14. The number of benzene rings is 4. The fourth-order valence-electron chi connectivity index (χ4n) is 4.01. The SMILES string of the molecule is O=C(c1ccc(F)cc1)c1c(-c2ccccc2)n(-c2ccccc2)c2ccccc2c1=O. The summed E-state index contributed by atoms with van der Waals surface area (Å²) in [6.07, 6.45) is 0. The summed E-state index contributed by atoms with van der Waals surface area (Å²) < 4.78 is 15.4. The largest absolute Gasteiger partial charge is 0.308 e. The van der Waals surface area contributed by atoms with Crippen LogP contribution in [0.2, 0.25) is 0 Å². The maximum Gasteiger partial charge on any atom is 0.201 e. The lowest BCUT2D eigenvalue weighted by Crippen LogP contribution is -2.22. The molecule has 4 aromatic carbocycles. The number of hydrogen-bond acceptors (Lipinski definition) is 2. The van der Waals surface area contributed by atoms with E-state index < -0.39 is 11.6 Å². The Hall–Kier alpha value is -4.31. The van der Waals surface area contributed by atoms with Crippen molar-refractivity contribution in [2.24, 2.45) is 0 Å². The van der Waals surface area contributed by atoms with Crippen LogP contribution in [-0.4, -0.2) is 10.4 Å². The van der Waals surface area contributed by atoms with Crippen LogP contribution in [-0.2, 0) is 0 Å². The lowest BCUT2D eigenvalue weighted by Gasteiger charge is -2.20. The number of carbonyl (C=O) groups excluding carboxylic acids is 1. The van der Waals surface area contributed by atoms with E-state index >= 15 is 0 Å². The minimum Gasteiger partial charge on any atom is -0.308 e. The topological polar surface area (TPSA) is 39.1 Å². The Kier molecular flexibility index (Phi) is 4.96. The number of aromatic nitrogens is 1. The molecule has 0 amide bonds. The quantitative estimate of drug-likeness (QED) is 0.334. The molecule has 3 nitrogen and oxygen atoms in total. The van der Waals surface area contributed by atoms with Gasteiger partial charge in [0.15, 0.2) is 5.78 Å². The molecule has 0 saturated carbocycles. The molecule has 0 bridgehead atoms. The van der Waals surface area contributed by atoms with Crippen LogP contribution in [0.3, 0.4) is 0 Å². The van der Waals surface area contributed by atoms with Crippen molar-refractivity contribution in [3.8, 4) is 16.9 Å². The molecule has 0 unspecified atom stereocenters. The molecular formula is C28H18FNO2. The summed E-state index contributed by atoms with van der Waals surface area (Å²) in [4.78, 5) is 27.3. The summed E-state index contributed by atoms with van der Waals surface area (Å²) in [7, 11) is 0. The molecule has 0 aliphatic rings. The minimum absolute atomic E-state index is 0.0605. The van der Waals surface area contributed by atoms with E-state index in [0.29, 0.717) is 16.6 Å². The number of para-hydroxylation sites is 2. The van der Waals surface area contributed by atoms with Gasteiger partial charge < -0.3 is 4.57 Å². The molecule has 0 radical (unpaired) electrons. The molecule has 0 aliphatic carbocycles. The molecule has 0 aliphatic heterocycles. The van der Waals surface area contributed by atoms with Gasteiger partial charge in [0.05, 0.1) is 16.8 Å². The first-order valence-corrected chi connectivity index (χ1v) is 10.2. The minimum atomic E-state index is -0.440. The zero-order valence-electron chi connectivity index (χ0n) is 17.0. The number of halogens is 1. The van der Waals surface area contributed by atoms with Crippen molar-refractivity contribution in [1.29, 1.82) is 0 Å². The Morgan fingerprint density at radius 3 is 1.97 bits per heavy atom. The van der Waals surface area contributed by atoms with Crippen LogP contribution in [0.25, 0.3) is 27.8 Å². The van der Waals surface area contributed by atoms with Gasteiger partial charge in [0.2, 0.25) is 5.43 Å². The van der Waals surface area contributed by atoms with E-state index in [0.717, 1.165) is 11.3 Å². The van der Waals surface area contributed by atoms with E-state index in [4.69, 9.17) is 0 Å². The Bertz CT molecular complexity index is 1490. The lowest BCUT2D eigenvalue weighted by atomic mass is 9.94. The van der Waals surface area contributed by atoms with Crippen LogP contribution in [0, 0.1) is 5.82 Å². The number of rotatable bonds is 4. The zero-order valence-corrected chi connectivity index (χ0v) is 17.0. The molecule has 5 aromatic rings. The van der Waals surface area contributed by atoms with Crippen LogP contribution in [0.5, 0.6) is 0 Å². The van der Waals surface area contributed by atoms with Crippen LogP contribution in [0.1, 0.15) is 15.9 Å². The fourth-order valence-corrected chi connectivity index (χ4v) is 4.01.